The number of carbonyl (C=O) groups is 2. The predicted octanol–water partition coefficient (Wildman–Crippen LogP) is 5.87. The minimum atomic E-state index is -0.231. The van der Waals surface area contributed by atoms with Gasteiger partial charge in [-0.25, -0.2) is 0 Å². The molecule has 1 heterocycles. The molecular weight excluding hydrogens is 396 g/mol. The van der Waals surface area contributed by atoms with Crippen molar-refractivity contribution in [1.82, 2.24) is 0 Å². The summed E-state index contributed by atoms with van der Waals surface area (Å²) in [5, 5.41) is 3.43. The molecule has 1 aliphatic carbocycles. The van der Waals surface area contributed by atoms with Crippen LogP contribution in [0.3, 0.4) is 0 Å². The Kier molecular flexibility index (Phi) is 6.66. The highest BCUT2D eigenvalue weighted by Crippen LogP contribution is 2.41. The quantitative estimate of drug-likeness (QED) is 0.577. The zero-order valence-corrected chi connectivity index (χ0v) is 19.4. The van der Waals surface area contributed by atoms with Crippen LogP contribution in [0.15, 0.2) is 41.0 Å². The predicted molar refractivity (Wildman–Crippen MR) is 124 cm³/mol. The van der Waals surface area contributed by atoms with E-state index in [-0.39, 0.29) is 23.0 Å². The van der Waals surface area contributed by atoms with Crippen LogP contribution in [-0.2, 0) is 15.0 Å². The number of rotatable bonds is 6. The third-order valence-corrected chi connectivity index (χ3v) is 6.81. The first-order valence-corrected chi connectivity index (χ1v) is 11.3. The van der Waals surface area contributed by atoms with E-state index in [4.69, 9.17) is 11.6 Å². The fraction of sp³-hybridized carbons (Fsp3) is 0.480. The number of allylic oxidation sites excluding steroid dienone is 4. The Labute approximate surface area is 184 Å². The maximum Gasteiger partial charge on any atom is 0.227 e. The average Bonchev–Trinajstić information content (AvgIpc) is 2.94. The number of amides is 1. The smallest absolute Gasteiger partial charge is 0.227 e. The van der Waals surface area contributed by atoms with Crippen LogP contribution in [0.2, 0.25) is 0 Å². The summed E-state index contributed by atoms with van der Waals surface area (Å²) in [5.41, 5.74) is 5.03. The number of carbonyl (C=O) groups excluding carboxylic acids is 2. The van der Waals surface area contributed by atoms with Crippen molar-refractivity contribution in [3.05, 3.63) is 46.5 Å². The normalized spacial score (nSPS) is 19.5. The van der Waals surface area contributed by atoms with Gasteiger partial charge < -0.3 is 5.32 Å². The van der Waals surface area contributed by atoms with Crippen molar-refractivity contribution in [2.24, 2.45) is 5.92 Å². The maximum atomic E-state index is 12.3. The lowest BCUT2D eigenvalue weighted by Gasteiger charge is -2.17. The van der Waals surface area contributed by atoms with Gasteiger partial charge in [0.1, 0.15) is 6.54 Å². The molecule has 1 N–H and O–H groups in total. The summed E-state index contributed by atoms with van der Waals surface area (Å²) >= 11 is 6.27. The Bertz CT molecular complexity index is 969. The summed E-state index contributed by atoms with van der Waals surface area (Å²) in [6, 6.07) is 6.16. The molecule has 1 aliphatic heterocycles. The summed E-state index contributed by atoms with van der Waals surface area (Å²) < 4.78 is 2.30. The zero-order chi connectivity index (χ0) is 22.1. The number of hydrogen-bond donors (Lipinski definition) is 1. The minimum absolute atomic E-state index is 0.0142. The second-order valence-corrected chi connectivity index (χ2v) is 9.11. The molecule has 1 amide bonds. The van der Waals surface area contributed by atoms with Crippen molar-refractivity contribution in [2.75, 3.05) is 11.9 Å². The largest absolute Gasteiger partial charge is 0.326 e. The van der Waals surface area contributed by atoms with Gasteiger partial charge in [0.05, 0.1) is 10.4 Å². The molecule has 0 spiro atoms. The highest BCUT2D eigenvalue weighted by atomic mass is 35.5. The Morgan fingerprint density at radius 2 is 2.00 bits per heavy atom. The fourth-order valence-corrected chi connectivity index (χ4v) is 4.47. The molecule has 1 unspecified atom stereocenters. The molecule has 2 aliphatic rings. The molecule has 3 rings (SSSR count). The lowest BCUT2D eigenvalue weighted by atomic mass is 9.81. The van der Waals surface area contributed by atoms with E-state index in [1.807, 2.05) is 26.0 Å². The van der Waals surface area contributed by atoms with Gasteiger partial charge in [-0.3, -0.25) is 9.59 Å². The van der Waals surface area contributed by atoms with Crippen molar-refractivity contribution in [3.63, 3.8) is 0 Å². The van der Waals surface area contributed by atoms with E-state index in [0.717, 1.165) is 42.8 Å². The molecule has 0 aromatic heterocycles. The first-order valence-electron chi connectivity index (χ1n) is 10.9. The van der Waals surface area contributed by atoms with Gasteiger partial charge in [-0.05, 0) is 57.7 Å². The first-order chi connectivity index (χ1) is 14.2. The highest BCUT2D eigenvalue weighted by molar-refractivity contribution is 6.43. The number of hydrogen-bond acceptors (Lipinski definition) is 2. The Balaban J connectivity index is 1.95. The monoisotopic (exact) mass is 427 g/mol. The first kappa shape index (κ1) is 22.5. The molecule has 0 radical (unpaired) electrons. The minimum Gasteiger partial charge on any atom is -0.326 e. The third kappa shape index (κ3) is 4.15. The molecule has 1 aromatic carbocycles. The van der Waals surface area contributed by atoms with Crippen LogP contribution in [0.4, 0.5) is 11.4 Å². The van der Waals surface area contributed by atoms with Gasteiger partial charge >= 0.3 is 0 Å². The summed E-state index contributed by atoms with van der Waals surface area (Å²) in [6.45, 7) is 11.3. The van der Waals surface area contributed by atoms with E-state index in [9.17, 15) is 9.59 Å². The second-order valence-electron chi connectivity index (χ2n) is 8.73. The van der Waals surface area contributed by atoms with Crippen molar-refractivity contribution < 1.29 is 14.2 Å². The molecule has 4 nitrogen and oxygen atoms in total. The van der Waals surface area contributed by atoms with E-state index in [2.05, 4.69) is 48.9 Å². The van der Waals surface area contributed by atoms with Gasteiger partial charge in [0.2, 0.25) is 11.6 Å². The SMILES string of the molecule is CCC(C)C(=O)Nc1ccc2c(c1)C(C)(C)C(/C=C/C1=C(Cl)C(=O)CCC1)=[N+]2CC. The Morgan fingerprint density at radius 1 is 1.27 bits per heavy atom. The number of nitrogens with zero attached hydrogens (tertiary/aromatic N) is 1. The van der Waals surface area contributed by atoms with E-state index in [1.54, 1.807) is 0 Å². The highest BCUT2D eigenvalue weighted by Gasteiger charge is 2.44. The van der Waals surface area contributed by atoms with E-state index < -0.39 is 0 Å². The number of ketones is 1. The van der Waals surface area contributed by atoms with Crippen molar-refractivity contribution in [2.45, 2.75) is 65.7 Å². The molecule has 5 heteroatoms. The van der Waals surface area contributed by atoms with Crippen LogP contribution in [0.25, 0.3) is 0 Å². The standard InChI is InChI=1S/C25H31ClN2O2/c1-6-16(3)24(30)27-18-12-13-20-19(15-18)25(4,5)22(28(20)7-2)14-11-17-9-8-10-21(29)23(17)26/h11-16H,6-10H2,1-5H3/p+1. The number of halogens is 1. The maximum absolute atomic E-state index is 12.3. The van der Waals surface area contributed by atoms with Gasteiger partial charge in [0, 0.05) is 35.7 Å². The summed E-state index contributed by atoms with van der Waals surface area (Å²) in [5.74, 6) is 0.0727. The van der Waals surface area contributed by atoms with Crippen LogP contribution < -0.4 is 5.32 Å². The van der Waals surface area contributed by atoms with E-state index >= 15 is 0 Å². The van der Waals surface area contributed by atoms with Gasteiger partial charge in [0.15, 0.2) is 11.5 Å². The number of nitrogens with one attached hydrogen (secondary N) is 1. The van der Waals surface area contributed by atoms with Crippen LogP contribution in [0.1, 0.15) is 65.9 Å². The third-order valence-electron chi connectivity index (χ3n) is 6.35. The van der Waals surface area contributed by atoms with Crippen LogP contribution >= 0.6 is 11.6 Å². The van der Waals surface area contributed by atoms with Gasteiger partial charge in [0.25, 0.3) is 0 Å². The lowest BCUT2D eigenvalue weighted by Crippen LogP contribution is -2.28. The van der Waals surface area contributed by atoms with Crippen molar-refractivity contribution >= 4 is 40.4 Å². The molecule has 160 valence electrons. The molecular formula is C25H32ClN2O2+. The number of Topliss-reactive ketones (excluding diaryl/α,β-unsaturated/α-hetero) is 1. The molecule has 1 aromatic rings. The van der Waals surface area contributed by atoms with Gasteiger partial charge in [-0.1, -0.05) is 31.5 Å². The summed E-state index contributed by atoms with van der Waals surface area (Å²) in [6.07, 6.45) is 7.16. The summed E-state index contributed by atoms with van der Waals surface area (Å²) in [7, 11) is 0. The zero-order valence-electron chi connectivity index (χ0n) is 18.6. The molecule has 0 saturated carbocycles. The van der Waals surface area contributed by atoms with Crippen molar-refractivity contribution in [1.29, 1.82) is 0 Å². The van der Waals surface area contributed by atoms with Crippen molar-refractivity contribution in [3.8, 4) is 0 Å². The second kappa shape index (κ2) is 8.89. The van der Waals surface area contributed by atoms with Gasteiger partial charge in [-0.2, -0.15) is 4.58 Å². The number of benzene rings is 1. The average molecular weight is 428 g/mol. The van der Waals surface area contributed by atoms with Crippen LogP contribution in [0.5, 0.6) is 0 Å². The molecule has 0 bridgehead atoms. The van der Waals surface area contributed by atoms with Gasteiger partial charge in [-0.15, -0.1) is 0 Å². The molecule has 1 atom stereocenters. The molecule has 0 fully saturated rings. The number of fused-ring (bicyclic) bond motifs is 1. The topological polar surface area (TPSA) is 49.2 Å². The Morgan fingerprint density at radius 3 is 2.67 bits per heavy atom. The fourth-order valence-electron chi connectivity index (χ4n) is 4.22. The van der Waals surface area contributed by atoms with Crippen LogP contribution in [-0.4, -0.2) is 28.5 Å². The van der Waals surface area contributed by atoms with E-state index in [1.165, 1.54) is 11.3 Å². The number of anilines is 1. The van der Waals surface area contributed by atoms with Crippen LogP contribution in [0, 0.1) is 5.92 Å². The lowest BCUT2D eigenvalue weighted by molar-refractivity contribution is -0.433. The summed E-state index contributed by atoms with van der Waals surface area (Å²) in [4.78, 5) is 24.3. The van der Waals surface area contributed by atoms with E-state index in [0.29, 0.717) is 11.5 Å². The molecule has 30 heavy (non-hydrogen) atoms. The molecule has 0 saturated heterocycles. The Hall–Kier alpha value is -2.20.